The molecule has 0 saturated heterocycles. The fourth-order valence-electron chi connectivity index (χ4n) is 1.11. The van der Waals surface area contributed by atoms with Crippen molar-refractivity contribution in [2.45, 2.75) is 0 Å². The molecule has 0 bridgehead atoms. The highest BCUT2D eigenvalue weighted by molar-refractivity contribution is 5.87. The summed E-state index contributed by atoms with van der Waals surface area (Å²) in [6.45, 7) is 0.108. The van der Waals surface area contributed by atoms with Gasteiger partial charge in [-0.15, -0.1) is 0 Å². The van der Waals surface area contributed by atoms with Gasteiger partial charge in [-0.3, -0.25) is 0 Å². The van der Waals surface area contributed by atoms with Crippen molar-refractivity contribution < 1.29 is 24.1 Å². The van der Waals surface area contributed by atoms with E-state index in [1.165, 1.54) is 32.4 Å². The maximum atomic E-state index is 10.9. The molecular formula is C12H14O5. The molecule has 0 heterocycles. The molecule has 0 aliphatic heterocycles. The van der Waals surface area contributed by atoms with Gasteiger partial charge in [0.25, 0.3) is 0 Å². The van der Waals surface area contributed by atoms with Gasteiger partial charge in [0, 0.05) is 24.8 Å². The lowest BCUT2D eigenvalue weighted by molar-refractivity contribution is -0.134. The van der Waals surface area contributed by atoms with Crippen molar-refractivity contribution in [3.05, 3.63) is 29.8 Å². The molecule has 0 aliphatic carbocycles. The molecule has 1 rings (SSSR count). The summed E-state index contributed by atoms with van der Waals surface area (Å²) in [4.78, 5) is 10.9. The molecule has 5 nitrogen and oxygen atoms in total. The summed E-state index contributed by atoms with van der Waals surface area (Å²) in [5.41, 5.74) is 0.500. The van der Waals surface area contributed by atoms with Crippen LogP contribution in [0.25, 0.3) is 6.08 Å². The summed E-state index contributed by atoms with van der Waals surface area (Å²) in [5.74, 6) is 0.0161. The van der Waals surface area contributed by atoms with E-state index < -0.39 is 5.97 Å². The van der Waals surface area contributed by atoms with Gasteiger partial charge in [0.1, 0.15) is 11.5 Å². The van der Waals surface area contributed by atoms with Crippen molar-refractivity contribution in [3.63, 3.8) is 0 Å². The molecule has 17 heavy (non-hydrogen) atoms. The molecule has 0 unspecified atom stereocenters. The van der Waals surface area contributed by atoms with E-state index in [4.69, 9.17) is 9.47 Å². The van der Waals surface area contributed by atoms with Gasteiger partial charge in [-0.2, -0.15) is 0 Å². The van der Waals surface area contributed by atoms with Gasteiger partial charge < -0.3 is 19.3 Å². The molecule has 0 radical (unpaired) electrons. The van der Waals surface area contributed by atoms with Crippen LogP contribution in [0, 0.1) is 0 Å². The van der Waals surface area contributed by atoms with Crippen LogP contribution in [-0.4, -0.2) is 32.1 Å². The Bertz CT molecular complexity index is 411. The monoisotopic (exact) mass is 238 g/mol. The van der Waals surface area contributed by atoms with Crippen molar-refractivity contribution in [1.82, 2.24) is 0 Å². The van der Waals surface area contributed by atoms with Crippen LogP contribution in [0.2, 0.25) is 0 Å². The van der Waals surface area contributed by atoms with Gasteiger partial charge in [0.15, 0.2) is 6.79 Å². The molecular weight excluding hydrogens is 224 g/mol. The number of phenolic OH excluding ortho intramolecular Hbond substituents is 1. The predicted molar refractivity (Wildman–Crippen MR) is 61.7 cm³/mol. The number of esters is 1. The number of ether oxygens (including phenoxy) is 3. The van der Waals surface area contributed by atoms with Crippen molar-refractivity contribution >= 4 is 12.0 Å². The quantitative estimate of drug-likeness (QED) is 0.479. The van der Waals surface area contributed by atoms with Gasteiger partial charge in [-0.25, -0.2) is 4.79 Å². The first-order chi connectivity index (χ1) is 8.17. The van der Waals surface area contributed by atoms with E-state index >= 15 is 0 Å². The van der Waals surface area contributed by atoms with Gasteiger partial charge in [0.2, 0.25) is 0 Å². The Labute approximate surface area is 99.2 Å². The number of methoxy groups -OCH3 is 2. The number of carbonyl (C=O) groups excluding carboxylic acids is 1. The maximum Gasteiger partial charge on any atom is 0.330 e. The van der Waals surface area contributed by atoms with Crippen LogP contribution in [0.4, 0.5) is 0 Å². The zero-order chi connectivity index (χ0) is 12.7. The van der Waals surface area contributed by atoms with Crippen LogP contribution in [-0.2, 0) is 14.3 Å². The van der Waals surface area contributed by atoms with Crippen LogP contribution in [0.15, 0.2) is 24.3 Å². The third kappa shape index (κ3) is 4.16. The Hall–Kier alpha value is -2.01. The summed E-state index contributed by atoms with van der Waals surface area (Å²) < 4.78 is 14.3. The highest BCUT2D eigenvalue weighted by Crippen LogP contribution is 2.24. The van der Waals surface area contributed by atoms with E-state index in [1.54, 1.807) is 12.1 Å². The maximum absolute atomic E-state index is 10.9. The van der Waals surface area contributed by atoms with E-state index in [9.17, 15) is 9.90 Å². The predicted octanol–water partition coefficient (Wildman–Crippen LogP) is 1.56. The lowest BCUT2D eigenvalue weighted by Crippen LogP contribution is -1.98. The fourth-order valence-corrected chi connectivity index (χ4v) is 1.11. The lowest BCUT2D eigenvalue weighted by atomic mass is 10.2. The molecule has 1 aromatic carbocycles. The zero-order valence-corrected chi connectivity index (χ0v) is 9.67. The average Bonchev–Trinajstić information content (AvgIpc) is 2.34. The summed E-state index contributed by atoms with van der Waals surface area (Å²) in [5, 5.41) is 9.65. The number of hydrogen-bond donors (Lipinski definition) is 1. The van der Waals surface area contributed by atoms with Crippen LogP contribution in [0.5, 0.6) is 11.5 Å². The third-order valence-electron chi connectivity index (χ3n) is 1.95. The Morgan fingerprint density at radius 2 is 2.18 bits per heavy atom. The summed E-state index contributed by atoms with van der Waals surface area (Å²) >= 11 is 0. The number of benzene rings is 1. The topological polar surface area (TPSA) is 65.0 Å². The van der Waals surface area contributed by atoms with Crippen molar-refractivity contribution in [2.24, 2.45) is 0 Å². The molecule has 0 amide bonds. The minimum Gasteiger partial charge on any atom is -0.507 e. The fraction of sp³-hybridized carbons (Fsp3) is 0.250. The first-order valence-electron chi connectivity index (χ1n) is 4.88. The number of phenols is 1. The van der Waals surface area contributed by atoms with E-state index in [0.717, 1.165) is 0 Å². The first-order valence-corrected chi connectivity index (χ1v) is 4.88. The highest BCUT2D eigenvalue weighted by Gasteiger charge is 2.01. The van der Waals surface area contributed by atoms with Gasteiger partial charge in [-0.1, -0.05) is 0 Å². The SMILES string of the molecule is COCOc1ccc(C=CC(=O)OC)c(O)c1. The second-order valence-corrected chi connectivity index (χ2v) is 3.13. The van der Waals surface area contributed by atoms with Crippen molar-refractivity contribution in [1.29, 1.82) is 0 Å². The standard InChI is InChI=1S/C12H14O5/c1-15-8-17-10-5-3-9(11(13)7-10)4-6-12(14)16-2/h3-7,13H,8H2,1-2H3. The van der Waals surface area contributed by atoms with Gasteiger partial charge in [0.05, 0.1) is 7.11 Å². The van der Waals surface area contributed by atoms with Crippen LogP contribution >= 0.6 is 0 Å². The number of rotatable bonds is 5. The Kier molecular flexibility index (Phi) is 5.03. The second kappa shape index (κ2) is 6.55. The molecule has 0 aromatic heterocycles. The summed E-state index contributed by atoms with van der Waals surface area (Å²) in [6, 6.07) is 4.73. The molecule has 0 saturated carbocycles. The lowest BCUT2D eigenvalue weighted by Gasteiger charge is -2.06. The smallest absolute Gasteiger partial charge is 0.330 e. The van der Waals surface area contributed by atoms with E-state index in [2.05, 4.69) is 4.74 Å². The van der Waals surface area contributed by atoms with Gasteiger partial charge in [-0.05, 0) is 18.2 Å². The Morgan fingerprint density at radius 3 is 2.76 bits per heavy atom. The van der Waals surface area contributed by atoms with Gasteiger partial charge >= 0.3 is 5.97 Å². The molecule has 92 valence electrons. The summed E-state index contributed by atoms with van der Waals surface area (Å²) in [7, 11) is 2.79. The normalized spacial score (nSPS) is 10.5. The largest absolute Gasteiger partial charge is 0.507 e. The molecule has 5 heteroatoms. The highest BCUT2D eigenvalue weighted by atomic mass is 16.7. The van der Waals surface area contributed by atoms with Crippen molar-refractivity contribution in [2.75, 3.05) is 21.0 Å². The molecule has 0 aliphatic rings. The average molecular weight is 238 g/mol. The van der Waals surface area contributed by atoms with Crippen molar-refractivity contribution in [3.8, 4) is 11.5 Å². The molecule has 0 spiro atoms. The molecule has 1 aromatic rings. The van der Waals surface area contributed by atoms with E-state index in [0.29, 0.717) is 11.3 Å². The van der Waals surface area contributed by atoms with Crippen LogP contribution in [0.3, 0.4) is 0 Å². The molecule has 1 N–H and O–H groups in total. The molecule has 0 atom stereocenters. The minimum atomic E-state index is -0.482. The summed E-state index contributed by atoms with van der Waals surface area (Å²) in [6.07, 6.45) is 2.69. The number of hydrogen-bond acceptors (Lipinski definition) is 5. The van der Waals surface area contributed by atoms with E-state index in [-0.39, 0.29) is 12.5 Å². The van der Waals surface area contributed by atoms with E-state index in [1.807, 2.05) is 0 Å². The number of carbonyl (C=O) groups is 1. The third-order valence-corrected chi connectivity index (χ3v) is 1.95. The second-order valence-electron chi connectivity index (χ2n) is 3.13. The Balaban J connectivity index is 2.75. The van der Waals surface area contributed by atoms with Crippen LogP contribution < -0.4 is 4.74 Å². The first kappa shape index (κ1) is 13.1. The minimum absolute atomic E-state index is 0.0127. The van der Waals surface area contributed by atoms with Crippen LogP contribution in [0.1, 0.15) is 5.56 Å². The number of aromatic hydroxyl groups is 1. The zero-order valence-electron chi connectivity index (χ0n) is 9.67. The Morgan fingerprint density at radius 1 is 1.41 bits per heavy atom. The molecule has 0 fully saturated rings.